The van der Waals surface area contributed by atoms with Crippen LogP contribution in [0.4, 0.5) is 0 Å². The Balaban J connectivity index is 2.32. The van der Waals surface area contributed by atoms with Gasteiger partial charge in [-0.15, -0.1) is 0 Å². The van der Waals surface area contributed by atoms with Crippen LogP contribution in [-0.2, 0) is 4.79 Å². The van der Waals surface area contributed by atoms with Crippen molar-refractivity contribution in [3.8, 4) is 0 Å². The van der Waals surface area contributed by atoms with Crippen molar-refractivity contribution in [1.29, 1.82) is 0 Å². The first kappa shape index (κ1) is 14.4. The molecule has 2 unspecified atom stereocenters. The lowest BCUT2D eigenvalue weighted by atomic mass is 9.65. The fourth-order valence-corrected chi connectivity index (χ4v) is 3.57. The van der Waals surface area contributed by atoms with E-state index in [4.69, 9.17) is 0 Å². The third-order valence-corrected chi connectivity index (χ3v) is 5.20. The number of hydrogen-bond donors (Lipinski definition) is 1. The van der Waals surface area contributed by atoms with Crippen molar-refractivity contribution < 1.29 is 9.90 Å². The van der Waals surface area contributed by atoms with Crippen LogP contribution in [0.2, 0.25) is 0 Å². The summed E-state index contributed by atoms with van der Waals surface area (Å²) in [5, 5.41) is 9.73. The van der Waals surface area contributed by atoms with E-state index in [1.54, 1.807) is 0 Å². The van der Waals surface area contributed by atoms with E-state index in [-0.39, 0.29) is 5.92 Å². The Morgan fingerprint density at radius 3 is 2.53 bits per heavy atom. The molecule has 0 aliphatic heterocycles. The van der Waals surface area contributed by atoms with E-state index in [0.29, 0.717) is 0 Å². The first-order valence-electron chi connectivity index (χ1n) is 7.70. The van der Waals surface area contributed by atoms with Gasteiger partial charge in [0.25, 0.3) is 0 Å². The Hall–Kier alpha value is -1.05. The molecule has 3 aliphatic carbocycles. The van der Waals surface area contributed by atoms with E-state index in [0.717, 1.165) is 19.3 Å². The van der Waals surface area contributed by atoms with Crippen molar-refractivity contribution in [2.45, 2.75) is 65.2 Å². The number of hydrogen-bond acceptors (Lipinski definition) is 1. The Morgan fingerprint density at radius 1 is 1.21 bits per heavy atom. The van der Waals surface area contributed by atoms with Gasteiger partial charge in [-0.2, -0.15) is 0 Å². The van der Waals surface area contributed by atoms with Crippen LogP contribution in [-0.4, -0.2) is 11.1 Å². The van der Waals surface area contributed by atoms with Gasteiger partial charge in [0, 0.05) is 0 Å². The molecule has 0 aromatic carbocycles. The third kappa shape index (κ3) is 2.77. The van der Waals surface area contributed by atoms with Gasteiger partial charge in [0.1, 0.15) is 0 Å². The first-order chi connectivity index (χ1) is 9.08. The molecule has 3 aliphatic rings. The predicted octanol–water partition coefficient (Wildman–Crippen LogP) is 4.71. The molecular formula is C17H26O2. The lowest BCUT2D eigenvalue weighted by Crippen LogP contribution is -2.38. The average Bonchev–Trinajstić information content (AvgIpc) is 2.36. The number of aliphatic carboxylic acids is 1. The summed E-state index contributed by atoms with van der Waals surface area (Å²) < 4.78 is 0. The molecule has 19 heavy (non-hydrogen) atoms. The molecule has 2 bridgehead atoms. The fourth-order valence-electron chi connectivity index (χ4n) is 3.57. The van der Waals surface area contributed by atoms with Crippen molar-refractivity contribution in [2.75, 3.05) is 0 Å². The van der Waals surface area contributed by atoms with Crippen molar-refractivity contribution in [1.82, 2.24) is 0 Å². The molecule has 0 aromatic rings. The molecule has 2 heteroatoms. The molecule has 0 fully saturated rings. The highest BCUT2D eigenvalue weighted by Crippen LogP contribution is 2.45. The molecule has 0 spiro atoms. The Morgan fingerprint density at radius 2 is 1.84 bits per heavy atom. The van der Waals surface area contributed by atoms with Crippen molar-refractivity contribution in [3.63, 3.8) is 0 Å². The third-order valence-electron chi connectivity index (χ3n) is 5.20. The van der Waals surface area contributed by atoms with Crippen LogP contribution in [0.5, 0.6) is 0 Å². The predicted molar refractivity (Wildman–Crippen MR) is 78.0 cm³/mol. The summed E-state index contributed by atoms with van der Waals surface area (Å²) in [7, 11) is 0. The SMILES string of the molecule is CC1=C2C=CC(C(=O)O)(CCCCCCCC2)C1C. The summed E-state index contributed by atoms with van der Waals surface area (Å²) in [5.74, 6) is -0.517. The topological polar surface area (TPSA) is 37.3 Å². The summed E-state index contributed by atoms with van der Waals surface area (Å²) in [5.41, 5.74) is 2.02. The lowest BCUT2D eigenvalue weighted by molar-refractivity contribution is -0.148. The van der Waals surface area contributed by atoms with Crippen LogP contribution in [0, 0.1) is 11.3 Å². The second kappa shape index (κ2) is 5.94. The van der Waals surface area contributed by atoms with Crippen LogP contribution in [0.25, 0.3) is 0 Å². The maximum Gasteiger partial charge on any atom is 0.314 e. The number of allylic oxidation sites excluding steroid dienone is 3. The van der Waals surface area contributed by atoms with Gasteiger partial charge in [-0.25, -0.2) is 0 Å². The summed E-state index contributed by atoms with van der Waals surface area (Å²) in [6, 6.07) is 0. The van der Waals surface area contributed by atoms with E-state index < -0.39 is 11.4 Å². The van der Waals surface area contributed by atoms with Crippen molar-refractivity contribution in [2.24, 2.45) is 11.3 Å². The van der Waals surface area contributed by atoms with Crippen LogP contribution >= 0.6 is 0 Å². The molecule has 0 amide bonds. The number of carbonyl (C=O) groups is 1. The number of rotatable bonds is 1. The largest absolute Gasteiger partial charge is 0.481 e. The zero-order chi connectivity index (χ0) is 13.9. The van der Waals surface area contributed by atoms with Gasteiger partial charge < -0.3 is 5.11 Å². The smallest absolute Gasteiger partial charge is 0.314 e. The van der Waals surface area contributed by atoms with Crippen molar-refractivity contribution >= 4 is 5.97 Å². The Kier molecular flexibility index (Phi) is 4.49. The van der Waals surface area contributed by atoms with Gasteiger partial charge >= 0.3 is 5.97 Å². The zero-order valence-corrected chi connectivity index (χ0v) is 12.2. The van der Waals surface area contributed by atoms with Crippen LogP contribution in [0.1, 0.15) is 65.2 Å². The normalized spacial score (nSPS) is 32.8. The number of carboxylic acids is 1. The van der Waals surface area contributed by atoms with E-state index in [1.807, 2.05) is 6.08 Å². The molecule has 106 valence electrons. The highest BCUT2D eigenvalue weighted by Gasteiger charge is 2.43. The fraction of sp³-hybridized carbons (Fsp3) is 0.706. The van der Waals surface area contributed by atoms with Crippen LogP contribution in [0.3, 0.4) is 0 Å². The minimum atomic E-state index is -0.660. The average molecular weight is 262 g/mol. The lowest BCUT2D eigenvalue weighted by Gasteiger charge is -2.37. The van der Waals surface area contributed by atoms with Gasteiger partial charge in [-0.1, -0.05) is 56.8 Å². The quantitative estimate of drug-likeness (QED) is 0.742. The summed E-state index contributed by atoms with van der Waals surface area (Å²) >= 11 is 0. The second-order valence-corrected chi connectivity index (χ2v) is 6.23. The molecule has 0 saturated carbocycles. The summed E-state index contributed by atoms with van der Waals surface area (Å²) in [6.45, 7) is 4.23. The van der Waals surface area contributed by atoms with Crippen LogP contribution < -0.4 is 0 Å². The Bertz CT molecular complexity index is 405. The van der Waals surface area contributed by atoms with Gasteiger partial charge in [0.05, 0.1) is 5.41 Å². The molecule has 3 rings (SSSR count). The van der Waals surface area contributed by atoms with E-state index in [2.05, 4.69) is 19.9 Å². The highest BCUT2D eigenvalue weighted by atomic mass is 16.4. The molecule has 0 saturated heterocycles. The first-order valence-corrected chi connectivity index (χ1v) is 7.70. The standard InChI is InChI=1S/C17H26O2/c1-13-14(2)17(16(18)19)11-8-6-4-3-5-7-9-15(13)10-12-17/h10,12,14H,3-9,11H2,1-2H3,(H,18,19). The molecule has 0 aromatic heterocycles. The second-order valence-electron chi connectivity index (χ2n) is 6.23. The van der Waals surface area contributed by atoms with E-state index in [1.165, 1.54) is 43.3 Å². The van der Waals surface area contributed by atoms with Gasteiger partial charge in [-0.3, -0.25) is 4.79 Å². The summed E-state index contributed by atoms with van der Waals surface area (Å²) in [4.78, 5) is 11.8. The molecule has 2 atom stereocenters. The highest BCUT2D eigenvalue weighted by molar-refractivity contribution is 5.79. The number of fused-ring (bicyclic) bond motifs is 8. The monoisotopic (exact) mass is 262 g/mol. The molecule has 0 radical (unpaired) electrons. The maximum atomic E-state index is 11.8. The summed E-state index contributed by atoms with van der Waals surface area (Å²) in [6.07, 6.45) is 13.3. The van der Waals surface area contributed by atoms with Gasteiger partial charge in [-0.05, 0) is 37.7 Å². The van der Waals surface area contributed by atoms with E-state index in [9.17, 15) is 9.90 Å². The Labute approximate surface area is 116 Å². The zero-order valence-electron chi connectivity index (χ0n) is 12.2. The van der Waals surface area contributed by atoms with E-state index >= 15 is 0 Å². The maximum absolute atomic E-state index is 11.8. The van der Waals surface area contributed by atoms with Crippen LogP contribution in [0.15, 0.2) is 23.3 Å². The van der Waals surface area contributed by atoms with Gasteiger partial charge in [0.15, 0.2) is 0 Å². The minimum absolute atomic E-state index is 0.129. The minimum Gasteiger partial charge on any atom is -0.481 e. The van der Waals surface area contributed by atoms with Gasteiger partial charge in [0.2, 0.25) is 0 Å². The molecular weight excluding hydrogens is 236 g/mol. The molecule has 0 heterocycles. The number of carboxylic acid groups (broad SMARTS) is 1. The molecule has 2 nitrogen and oxygen atoms in total. The van der Waals surface area contributed by atoms with Crippen molar-refractivity contribution in [3.05, 3.63) is 23.3 Å². The molecule has 1 N–H and O–H groups in total.